The molecule has 0 saturated carbocycles. The van der Waals surface area contributed by atoms with Gasteiger partial charge in [-0.3, -0.25) is 4.98 Å². The average Bonchev–Trinajstić information content (AvgIpc) is 2.76. The lowest BCUT2D eigenvalue weighted by molar-refractivity contribution is 0.555. The molecule has 0 fully saturated rings. The first-order valence-electron chi connectivity index (χ1n) is 5.66. The maximum absolute atomic E-state index is 11.1. The third-order valence-corrected chi connectivity index (χ3v) is 4.43. The molecule has 0 spiro atoms. The van der Waals surface area contributed by atoms with Gasteiger partial charge in [-0.25, -0.2) is 4.79 Å². The Morgan fingerprint density at radius 3 is 2.68 bits per heavy atom. The summed E-state index contributed by atoms with van der Waals surface area (Å²) in [7, 11) is 0. The lowest BCUT2D eigenvalue weighted by Gasteiger charge is -2.10. The van der Waals surface area contributed by atoms with Crippen molar-refractivity contribution < 1.29 is 4.42 Å². The summed E-state index contributed by atoms with van der Waals surface area (Å²) in [5.74, 6) is -0.430. The lowest BCUT2D eigenvalue weighted by atomic mass is 10.0. The summed E-state index contributed by atoms with van der Waals surface area (Å²) >= 11 is 7.13. The van der Waals surface area contributed by atoms with Gasteiger partial charge in [0.25, 0.3) is 0 Å². The van der Waals surface area contributed by atoms with Crippen molar-refractivity contribution in [2.75, 3.05) is 0 Å². The van der Waals surface area contributed by atoms with Gasteiger partial charge >= 0.3 is 5.76 Å². The first-order chi connectivity index (χ1) is 9.13. The summed E-state index contributed by atoms with van der Waals surface area (Å²) in [6, 6.07) is 13.8. The number of aromatic amines is 1. The molecule has 0 aliphatic carbocycles. The summed E-state index contributed by atoms with van der Waals surface area (Å²) in [6.07, 6.45) is 0. The van der Waals surface area contributed by atoms with Crippen molar-refractivity contribution in [2.24, 2.45) is 0 Å². The minimum absolute atomic E-state index is 0.0506. The quantitative estimate of drug-likeness (QED) is 0.669. The van der Waals surface area contributed by atoms with Crippen molar-refractivity contribution >= 4 is 43.0 Å². The van der Waals surface area contributed by atoms with Gasteiger partial charge in [0.2, 0.25) is 0 Å². The zero-order valence-corrected chi connectivity index (χ0v) is 12.9. The van der Waals surface area contributed by atoms with Crippen LogP contribution in [-0.2, 0) is 0 Å². The summed E-state index contributed by atoms with van der Waals surface area (Å²) in [4.78, 5) is 13.8. The molecule has 3 aromatic rings. The maximum Gasteiger partial charge on any atom is 0.417 e. The van der Waals surface area contributed by atoms with Crippen LogP contribution in [0.2, 0.25) is 0 Å². The van der Waals surface area contributed by atoms with Gasteiger partial charge in [0.15, 0.2) is 5.58 Å². The van der Waals surface area contributed by atoms with Crippen molar-refractivity contribution in [3.8, 4) is 0 Å². The van der Waals surface area contributed by atoms with Crippen LogP contribution in [0.3, 0.4) is 0 Å². The molecule has 1 aromatic heterocycles. The topological polar surface area (TPSA) is 46.0 Å². The van der Waals surface area contributed by atoms with Crippen LogP contribution in [0, 0.1) is 0 Å². The number of rotatable bonds is 2. The molecule has 96 valence electrons. The highest BCUT2D eigenvalue weighted by Crippen LogP contribution is 2.33. The molecule has 0 amide bonds. The van der Waals surface area contributed by atoms with Gasteiger partial charge in [-0.15, -0.1) is 0 Å². The van der Waals surface area contributed by atoms with Crippen LogP contribution >= 0.6 is 31.9 Å². The molecule has 1 N–H and O–H groups in total. The van der Waals surface area contributed by atoms with E-state index in [-0.39, 0.29) is 4.83 Å². The average molecular weight is 383 g/mol. The Labute approximate surface area is 125 Å². The molecule has 1 atom stereocenters. The van der Waals surface area contributed by atoms with Crippen LogP contribution in [0.4, 0.5) is 0 Å². The molecule has 0 aliphatic rings. The van der Waals surface area contributed by atoms with E-state index < -0.39 is 5.76 Å². The molecule has 3 nitrogen and oxygen atoms in total. The second-order valence-electron chi connectivity index (χ2n) is 4.19. The predicted molar refractivity (Wildman–Crippen MR) is 81.7 cm³/mol. The Hall–Kier alpha value is -1.33. The van der Waals surface area contributed by atoms with Crippen LogP contribution in [0.5, 0.6) is 0 Å². The Bertz CT molecular complexity index is 791. The third-order valence-electron chi connectivity index (χ3n) is 2.88. The first kappa shape index (κ1) is 12.7. The van der Waals surface area contributed by atoms with Crippen molar-refractivity contribution in [1.82, 2.24) is 4.98 Å². The molecular formula is C14H9Br2NO2. The minimum Gasteiger partial charge on any atom is -0.408 e. The first-order valence-corrected chi connectivity index (χ1v) is 7.36. The number of nitrogens with one attached hydrogen (secondary N) is 1. The Morgan fingerprint density at radius 1 is 1.11 bits per heavy atom. The normalized spacial score (nSPS) is 12.7. The fraction of sp³-hybridized carbons (Fsp3) is 0.0714. The van der Waals surface area contributed by atoms with Crippen molar-refractivity contribution in [3.63, 3.8) is 0 Å². The molecule has 0 aliphatic heterocycles. The number of hydrogen-bond donors (Lipinski definition) is 1. The van der Waals surface area contributed by atoms with E-state index in [0.717, 1.165) is 15.6 Å². The van der Waals surface area contributed by atoms with Gasteiger partial charge in [0.05, 0.1) is 10.3 Å². The van der Waals surface area contributed by atoms with Gasteiger partial charge < -0.3 is 4.42 Å². The fourth-order valence-corrected chi connectivity index (χ4v) is 2.96. The molecule has 5 heteroatoms. The molecule has 0 radical (unpaired) electrons. The molecule has 3 rings (SSSR count). The number of alkyl halides is 1. The van der Waals surface area contributed by atoms with Gasteiger partial charge in [-0.1, -0.05) is 50.1 Å². The predicted octanol–water partition coefficient (Wildman–Crippen LogP) is 4.37. The van der Waals surface area contributed by atoms with Crippen molar-refractivity contribution in [3.05, 3.63) is 68.6 Å². The number of fused-ring (bicyclic) bond motifs is 1. The van der Waals surface area contributed by atoms with Crippen LogP contribution in [-0.4, -0.2) is 4.98 Å². The second-order valence-corrected chi connectivity index (χ2v) is 6.02. The largest absolute Gasteiger partial charge is 0.417 e. The molecule has 19 heavy (non-hydrogen) atoms. The van der Waals surface area contributed by atoms with Gasteiger partial charge in [-0.05, 0) is 35.4 Å². The monoisotopic (exact) mass is 381 g/mol. The lowest BCUT2D eigenvalue weighted by Crippen LogP contribution is -1.92. The van der Waals surface area contributed by atoms with Crippen LogP contribution in [0.25, 0.3) is 11.1 Å². The number of benzene rings is 2. The van der Waals surface area contributed by atoms with Crippen molar-refractivity contribution in [1.29, 1.82) is 0 Å². The zero-order valence-electron chi connectivity index (χ0n) is 9.69. The van der Waals surface area contributed by atoms with Crippen LogP contribution in [0.15, 0.2) is 56.1 Å². The number of aromatic nitrogens is 1. The molecule has 1 heterocycles. The number of hydrogen-bond acceptors (Lipinski definition) is 2. The zero-order chi connectivity index (χ0) is 13.4. The van der Waals surface area contributed by atoms with E-state index in [1.165, 1.54) is 0 Å². The van der Waals surface area contributed by atoms with Gasteiger partial charge in [0, 0.05) is 4.47 Å². The Morgan fingerprint density at radius 2 is 1.89 bits per heavy atom. The summed E-state index contributed by atoms with van der Waals surface area (Å²) < 4.78 is 6.11. The number of halogens is 2. The highest BCUT2D eigenvalue weighted by atomic mass is 79.9. The summed E-state index contributed by atoms with van der Waals surface area (Å²) in [5, 5.41) is 0. The minimum atomic E-state index is -0.430. The molecular weight excluding hydrogens is 374 g/mol. The number of H-pyrrole nitrogens is 1. The molecule has 1 unspecified atom stereocenters. The standard InChI is InChI=1S/C14H9Br2NO2/c15-10-3-1-2-8(6-10)13(16)9-4-5-11-12(7-9)19-14(18)17-11/h1-7,13H,(H,17,18). The van der Waals surface area contributed by atoms with Crippen molar-refractivity contribution in [2.45, 2.75) is 4.83 Å². The third kappa shape index (κ3) is 2.53. The van der Waals surface area contributed by atoms with E-state index in [1.54, 1.807) is 0 Å². The van der Waals surface area contributed by atoms with E-state index in [2.05, 4.69) is 42.9 Å². The smallest absolute Gasteiger partial charge is 0.408 e. The molecule has 0 bridgehead atoms. The molecule has 2 aromatic carbocycles. The van der Waals surface area contributed by atoms with E-state index in [0.29, 0.717) is 11.1 Å². The summed E-state index contributed by atoms with van der Waals surface area (Å²) in [6.45, 7) is 0. The second kappa shape index (κ2) is 4.98. The van der Waals surface area contributed by atoms with E-state index in [9.17, 15) is 4.79 Å². The van der Waals surface area contributed by atoms with E-state index in [4.69, 9.17) is 4.42 Å². The van der Waals surface area contributed by atoms with Gasteiger partial charge in [-0.2, -0.15) is 0 Å². The Balaban J connectivity index is 2.05. The molecule has 0 saturated heterocycles. The van der Waals surface area contributed by atoms with E-state index >= 15 is 0 Å². The number of oxazole rings is 1. The van der Waals surface area contributed by atoms with Crippen LogP contribution < -0.4 is 5.76 Å². The highest BCUT2D eigenvalue weighted by Gasteiger charge is 2.12. The Kier molecular flexibility index (Phi) is 3.33. The van der Waals surface area contributed by atoms with Crippen LogP contribution in [0.1, 0.15) is 16.0 Å². The maximum atomic E-state index is 11.1. The van der Waals surface area contributed by atoms with Gasteiger partial charge in [0.1, 0.15) is 0 Å². The SMILES string of the molecule is O=c1[nH]c2ccc(C(Br)c3cccc(Br)c3)cc2o1. The summed E-state index contributed by atoms with van der Waals surface area (Å²) in [5.41, 5.74) is 3.45. The van der Waals surface area contributed by atoms with E-state index in [1.807, 2.05) is 36.4 Å². The highest BCUT2D eigenvalue weighted by molar-refractivity contribution is 9.10. The fourth-order valence-electron chi connectivity index (χ4n) is 1.98.